The summed E-state index contributed by atoms with van der Waals surface area (Å²) in [6.45, 7) is 3.89. The molecule has 1 N–H and O–H groups in total. The van der Waals surface area contributed by atoms with E-state index in [1.807, 2.05) is 0 Å². The molecule has 0 aromatic heterocycles. The second-order valence-electron chi connectivity index (χ2n) is 4.24. The fourth-order valence-corrected chi connectivity index (χ4v) is 2.21. The van der Waals surface area contributed by atoms with Gasteiger partial charge in [-0.2, -0.15) is 0 Å². The minimum Gasteiger partial charge on any atom is -0.316 e. The van der Waals surface area contributed by atoms with Crippen molar-refractivity contribution in [1.82, 2.24) is 5.32 Å². The second kappa shape index (κ2) is 4.27. The number of nitrogens with one attached hydrogen (secondary N) is 1. The van der Waals surface area contributed by atoms with Crippen molar-refractivity contribution >= 4 is 0 Å². The van der Waals surface area contributed by atoms with Gasteiger partial charge in [0, 0.05) is 18.5 Å². The summed E-state index contributed by atoms with van der Waals surface area (Å²) in [5.74, 6) is -0.311. The molecule has 0 bridgehead atoms. The molecule has 1 aromatic carbocycles. The molecule has 0 amide bonds. The normalized spacial score (nSPS) is 26.6. The zero-order valence-corrected chi connectivity index (χ0v) is 8.76. The molecule has 1 nitrogen and oxygen atoms in total. The van der Waals surface area contributed by atoms with Crippen LogP contribution in [-0.2, 0) is 0 Å². The fourth-order valence-electron chi connectivity index (χ4n) is 2.21. The molecule has 15 heavy (non-hydrogen) atoms. The van der Waals surface area contributed by atoms with Crippen LogP contribution in [0.5, 0.6) is 0 Å². The third kappa shape index (κ3) is 2.17. The lowest BCUT2D eigenvalue weighted by molar-refractivity contribution is 0.340. The van der Waals surface area contributed by atoms with Crippen LogP contribution < -0.4 is 5.32 Å². The molecule has 0 radical (unpaired) electrons. The SMILES string of the molecule is CC1CCNCC1c1ccc(F)cc1F. The Morgan fingerprint density at radius 2 is 2.13 bits per heavy atom. The number of halogens is 2. The van der Waals surface area contributed by atoms with Gasteiger partial charge >= 0.3 is 0 Å². The van der Waals surface area contributed by atoms with Crippen LogP contribution in [0.15, 0.2) is 18.2 Å². The third-order valence-electron chi connectivity index (χ3n) is 3.19. The Balaban J connectivity index is 2.27. The minimum atomic E-state index is -0.507. The van der Waals surface area contributed by atoms with Crippen LogP contribution in [0.2, 0.25) is 0 Å². The summed E-state index contributed by atoms with van der Waals surface area (Å²) in [5, 5.41) is 3.25. The molecule has 2 unspecified atom stereocenters. The fraction of sp³-hybridized carbons (Fsp3) is 0.500. The van der Waals surface area contributed by atoms with Crippen LogP contribution in [-0.4, -0.2) is 13.1 Å². The molecule has 0 aliphatic carbocycles. The molecule has 1 aromatic rings. The molecule has 3 heteroatoms. The Labute approximate surface area is 88.5 Å². The topological polar surface area (TPSA) is 12.0 Å². The number of piperidine rings is 1. The molecule has 2 atom stereocenters. The summed E-state index contributed by atoms with van der Waals surface area (Å²) in [6, 6.07) is 3.87. The third-order valence-corrected chi connectivity index (χ3v) is 3.19. The van der Waals surface area contributed by atoms with E-state index in [9.17, 15) is 8.78 Å². The van der Waals surface area contributed by atoms with E-state index in [0.29, 0.717) is 11.5 Å². The van der Waals surface area contributed by atoms with Gasteiger partial charge in [-0.05, 0) is 30.5 Å². The number of hydrogen-bond donors (Lipinski definition) is 1. The molecule has 0 saturated carbocycles. The standard InChI is InChI=1S/C12H15F2N/c1-8-4-5-15-7-11(8)10-3-2-9(13)6-12(10)14/h2-3,6,8,11,15H,4-5,7H2,1H3. The van der Waals surface area contributed by atoms with Crippen molar-refractivity contribution in [1.29, 1.82) is 0 Å². The predicted octanol–water partition coefficient (Wildman–Crippen LogP) is 2.68. The lowest BCUT2D eigenvalue weighted by Crippen LogP contribution is -2.34. The van der Waals surface area contributed by atoms with Gasteiger partial charge in [0.1, 0.15) is 11.6 Å². The van der Waals surface area contributed by atoms with Crippen molar-refractivity contribution in [2.75, 3.05) is 13.1 Å². The highest BCUT2D eigenvalue weighted by Gasteiger charge is 2.25. The number of rotatable bonds is 1. The van der Waals surface area contributed by atoms with Crippen molar-refractivity contribution in [3.05, 3.63) is 35.4 Å². The summed E-state index contributed by atoms with van der Waals surface area (Å²) in [6.07, 6.45) is 1.04. The molecule has 0 spiro atoms. The first-order valence-electron chi connectivity index (χ1n) is 5.34. The van der Waals surface area contributed by atoms with Crippen LogP contribution in [0.1, 0.15) is 24.8 Å². The van der Waals surface area contributed by atoms with Crippen molar-refractivity contribution in [2.24, 2.45) is 5.92 Å². The Hall–Kier alpha value is -0.960. The summed E-state index contributed by atoms with van der Waals surface area (Å²) in [5.41, 5.74) is 0.635. The highest BCUT2D eigenvalue weighted by Crippen LogP contribution is 2.30. The molecular weight excluding hydrogens is 196 g/mol. The maximum absolute atomic E-state index is 13.5. The van der Waals surface area contributed by atoms with Gasteiger partial charge in [-0.1, -0.05) is 13.0 Å². The van der Waals surface area contributed by atoms with Crippen molar-refractivity contribution in [2.45, 2.75) is 19.3 Å². The van der Waals surface area contributed by atoms with E-state index < -0.39 is 11.6 Å². The van der Waals surface area contributed by atoms with Gasteiger partial charge in [-0.15, -0.1) is 0 Å². The summed E-state index contributed by atoms with van der Waals surface area (Å²) in [4.78, 5) is 0. The maximum atomic E-state index is 13.5. The average Bonchev–Trinajstić information content (AvgIpc) is 2.20. The second-order valence-corrected chi connectivity index (χ2v) is 4.24. The van der Waals surface area contributed by atoms with Gasteiger partial charge in [0.15, 0.2) is 0 Å². The van der Waals surface area contributed by atoms with E-state index in [4.69, 9.17) is 0 Å². The quantitative estimate of drug-likeness (QED) is 0.753. The van der Waals surface area contributed by atoms with E-state index in [1.165, 1.54) is 6.07 Å². The van der Waals surface area contributed by atoms with Gasteiger partial charge in [-0.25, -0.2) is 8.78 Å². The smallest absolute Gasteiger partial charge is 0.129 e. The largest absolute Gasteiger partial charge is 0.316 e. The van der Waals surface area contributed by atoms with Crippen LogP contribution in [0, 0.1) is 17.6 Å². The van der Waals surface area contributed by atoms with E-state index in [1.54, 1.807) is 6.07 Å². The van der Waals surface area contributed by atoms with Crippen molar-refractivity contribution in [3.63, 3.8) is 0 Å². The summed E-state index contributed by atoms with van der Waals surface area (Å²) in [7, 11) is 0. The predicted molar refractivity (Wildman–Crippen MR) is 55.7 cm³/mol. The number of benzene rings is 1. The van der Waals surface area contributed by atoms with Crippen LogP contribution in [0.3, 0.4) is 0 Å². The lowest BCUT2D eigenvalue weighted by Gasteiger charge is -2.30. The molecular formula is C12H15F2N. The average molecular weight is 211 g/mol. The molecule has 1 heterocycles. The van der Waals surface area contributed by atoms with Gasteiger partial charge < -0.3 is 5.32 Å². The summed E-state index contributed by atoms with van der Waals surface area (Å²) < 4.78 is 26.3. The van der Waals surface area contributed by atoms with Crippen molar-refractivity contribution in [3.8, 4) is 0 Å². The monoisotopic (exact) mass is 211 g/mol. The zero-order valence-electron chi connectivity index (χ0n) is 8.76. The van der Waals surface area contributed by atoms with Gasteiger partial charge in [0.2, 0.25) is 0 Å². The molecule has 1 aliphatic heterocycles. The van der Waals surface area contributed by atoms with E-state index in [2.05, 4.69) is 12.2 Å². The van der Waals surface area contributed by atoms with Crippen LogP contribution >= 0.6 is 0 Å². The van der Waals surface area contributed by atoms with Gasteiger partial charge in [-0.3, -0.25) is 0 Å². The molecule has 82 valence electrons. The van der Waals surface area contributed by atoms with Gasteiger partial charge in [0.25, 0.3) is 0 Å². The van der Waals surface area contributed by atoms with E-state index in [0.717, 1.165) is 25.6 Å². The Morgan fingerprint density at radius 3 is 2.80 bits per heavy atom. The highest BCUT2D eigenvalue weighted by molar-refractivity contribution is 5.24. The lowest BCUT2D eigenvalue weighted by atomic mass is 9.82. The highest BCUT2D eigenvalue weighted by atomic mass is 19.1. The first-order valence-corrected chi connectivity index (χ1v) is 5.34. The Bertz CT molecular complexity index is 351. The van der Waals surface area contributed by atoms with Gasteiger partial charge in [0.05, 0.1) is 0 Å². The van der Waals surface area contributed by atoms with Crippen LogP contribution in [0.4, 0.5) is 8.78 Å². The number of hydrogen-bond acceptors (Lipinski definition) is 1. The first-order chi connectivity index (χ1) is 7.18. The maximum Gasteiger partial charge on any atom is 0.129 e. The minimum absolute atomic E-state index is 0.166. The van der Waals surface area contributed by atoms with E-state index >= 15 is 0 Å². The van der Waals surface area contributed by atoms with Crippen molar-refractivity contribution < 1.29 is 8.78 Å². The van der Waals surface area contributed by atoms with E-state index in [-0.39, 0.29) is 5.92 Å². The van der Waals surface area contributed by atoms with Crippen LogP contribution in [0.25, 0.3) is 0 Å². The molecule has 1 aliphatic rings. The summed E-state index contributed by atoms with van der Waals surface area (Å²) >= 11 is 0. The zero-order chi connectivity index (χ0) is 10.8. The Kier molecular flexibility index (Phi) is 3.00. The Morgan fingerprint density at radius 1 is 1.33 bits per heavy atom. The molecule has 1 saturated heterocycles. The molecule has 2 rings (SSSR count). The first kappa shape index (κ1) is 10.6. The molecule has 1 fully saturated rings.